The van der Waals surface area contributed by atoms with Crippen LogP contribution in [0.15, 0.2) is 18.2 Å². The van der Waals surface area contributed by atoms with Crippen LogP contribution in [-0.2, 0) is 4.74 Å². The molecule has 0 amide bonds. The Balaban J connectivity index is 2.81. The van der Waals surface area contributed by atoms with E-state index < -0.39 is 0 Å². The number of ether oxygens (including phenoxy) is 1. The standard InChI is InChI=1S/C15H24N2O2/c1-10(15(2,3)4)9-17-13-8-11(14(18)19-5)6-7-12(13)16/h6-8,10,17H,9,16H2,1-5H3. The van der Waals surface area contributed by atoms with Crippen LogP contribution in [0.3, 0.4) is 0 Å². The number of nitrogens with two attached hydrogens (primary N) is 1. The molecule has 0 aliphatic carbocycles. The van der Waals surface area contributed by atoms with Gasteiger partial charge in [0.2, 0.25) is 0 Å². The van der Waals surface area contributed by atoms with Gasteiger partial charge >= 0.3 is 5.97 Å². The Morgan fingerprint density at radius 3 is 2.58 bits per heavy atom. The van der Waals surface area contributed by atoms with Gasteiger partial charge < -0.3 is 15.8 Å². The van der Waals surface area contributed by atoms with Crippen LogP contribution in [-0.4, -0.2) is 19.6 Å². The summed E-state index contributed by atoms with van der Waals surface area (Å²) in [7, 11) is 1.37. The Kier molecular flexibility index (Phi) is 4.81. The topological polar surface area (TPSA) is 64.3 Å². The van der Waals surface area contributed by atoms with Gasteiger partial charge in [-0.15, -0.1) is 0 Å². The summed E-state index contributed by atoms with van der Waals surface area (Å²) in [5.41, 5.74) is 8.05. The smallest absolute Gasteiger partial charge is 0.337 e. The van der Waals surface area contributed by atoms with E-state index in [-0.39, 0.29) is 11.4 Å². The van der Waals surface area contributed by atoms with Crippen molar-refractivity contribution >= 4 is 17.3 Å². The van der Waals surface area contributed by atoms with Gasteiger partial charge in [0, 0.05) is 6.54 Å². The summed E-state index contributed by atoms with van der Waals surface area (Å²) in [5.74, 6) is 0.126. The monoisotopic (exact) mass is 264 g/mol. The zero-order valence-electron chi connectivity index (χ0n) is 12.4. The first kappa shape index (κ1) is 15.3. The van der Waals surface area contributed by atoms with E-state index in [1.54, 1.807) is 18.2 Å². The number of esters is 1. The van der Waals surface area contributed by atoms with Crippen LogP contribution in [0.25, 0.3) is 0 Å². The zero-order valence-corrected chi connectivity index (χ0v) is 12.4. The fourth-order valence-electron chi connectivity index (χ4n) is 1.52. The van der Waals surface area contributed by atoms with Gasteiger partial charge in [0.1, 0.15) is 0 Å². The lowest BCUT2D eigenvalue weighted by Crippen LogP contribution is -2.25. The number of hydrogen-bond donors (Lipinski definition) is 2. The molecule has 0 saturated heterocycles. The Bertz CT molecular complexity index is 450. The Morgan fingerprint density at radius 2 is 2.05 bits per heavy atom. The second-order valence-corrected chi connectivity index (χ2v) is 5.94. The SMILES string of the molecule is COC(=O)c1ccc(N)c(NCC(C)C(C)(C)C)c1. The van der Waals surface area contributed by atoms with Crippen LogP contribution in [0.4, 0.5) is 11.4 Å². The zero-order chi connectivity index (χ0) is 14.6. The molecule has 0 spiro atoms. The number of hydrogen-bond acceptors (Lipinski definition) is 4. The van der Waals surface area contributed by atoms with E-state index in [4.69, 9.17) is 10.5 Å². The van der Waals surface area contributed by atoms with Crippen molar-refractivity contribution in [1.29, 1.82) is 0 Å². The van der Waals surface area contributed by atoms with E-state index in [0.29, 0.717) is 17.2 Å². The highest BCUT2D eigenvalue weighted by Crippen LogP contribution is 2.27. The molecule has 1 unspecified atom stereocenters. The van der Waals surface area contributed by atoms with Gasteiger partial charge in [0.05, 0.1) is 24.0 Å². The molecule has 1 atom stereocenters. The third-order valence-corrected chi connectivity index (χ3v) is 3.55. The second kappa shape index (κ2) is 5.95. The molecule has 19 heavy (non-hydrogen) atoms. The van der Waals surface area contributed by atoms with Crippen LogP contribution in [0.1, 0.15) is 38.1 Å². The number of rotatable bonds is 4. The number of methoxy groups -OCH3 is 1. The Morgan fingerprint density at radius 1 is 1.42 bits per heavy atom. The Hall–Kier alpha value is -1.71. The summed E-state index contributed by atoms with van der Waals surface area (Å²) in [6.07, 6.45) is 0. The molecule has 0 radical (unpaired) electrons. The summed E-state index contributed by atoms with van der Waals surface area (Å²) < 4.78 is 4.70. The number of benzene rings is 1. The molecule has 106 valence electrons. The number of anilines is 2. The first-order valence-electron chi connectivity index (χ1n) is 6.47. The summed E-state index contributed by atoms with van der Waals surface area (Å²) >= 11 is 0. The number of carbonyl (C=O) groups is 1. The van der Waals surface area contributed by atoms with Crippen LogP contribution in [0, 0.1) is 11.3 Å². The minimum absolute atomic E-state index is 0.224. The van der Waals surface area contributed by atoms with Crippen molar-refractivity contribution in [3.63, 3.8) is 0 Å². The minimum Gasteiger partial charge on any atom is -0.465 e. The maximum atomic E-state index is 11.5. The largest absolute Gasteiger partial charge is 0.465 e. The summed E-state index contributed by atoms with van der Waals surface area (Å²) in [5, 5.41) is 3.31. The molecule has 0 heterocycles. The summed E-state index contributed by atoms with van der Waals surface area (Å²) in [6.45, 7) is 9.60. The lowest BCUT2D eigenvalue weighted by atomic mass is 9.82. The number of carbonyl (C=O) groups excluding carboxylic acids is 1. The van der Waals surface area contributed by atoms with Crippen LogP contribution in [0.5, 0.6) is 0 Å². The molecule has 0 fully saturated rings. The highest BCUT2D eigenvalue weighted by atomic mass is 16.5. The summed E-state index contributed by atoms with van der Waals surface area (Å²) in [4.78, 5) is 11.5. The van der Waals surface area contributed by atoms with Crippen LogP contribution >= 0.6 is 0 Å². The molecule has 1 aromatic carbocycles. The van der Waals surface area contributed by atoms with E-state index in [1.807, 2.05) is 0 Å². The van der Waals surface area contributed by atoms with E-state index in [9.17, 15) is 4.79 Å². The fraction of sp³-hybridized carbons (Fsp3) is 0.533. The molecule has 4 heteroatoms. The molecule has 0 aromatic heterocycles. The molecule has 0 aliphatic heterocycles. The van der Waals surface area contributed by atoms with Crippen molar-refractivity contribution in [1.82, 2.24) is 0 Å². The predicted octanol–water partition coefficient (Wildman–Crippen LogP) is 3.15. The van der Waals surface area contributed by atoms with Gasteiger partial charge in [-0.3, -0.25) is 0 Å². The molecular formula is C15H24N2O2. The predicted molar refractivity (Wildman–Crippen MR) is 79.3 cm³/mol. The molecule has 0 bridgehead atoms. The first-order chi connectivity index (χ1) is 8.75. The molecular weight excluding hydrogens is 240 g/mol. The van der Waals surface area contributed by atoms with Crippen LogP contribution < -0.4 is 11.1 Å². The average Bonchev–Trinajstić information content (AvgIpc) is 2.35. The molecule has 4 nitrogen and oxygen atoms in total. The van der Waals surface area contributed by atoms with Crippen molar-refractivity contribution in [2.24, 2.45) is 11.3 Å². The van der Waals surface area contributed by atoms with E-state index in [2.05, 4.69) is 33.0 Å². The lowest BCUT2D eigenvalue weighted by Gasteiger charge is -2.28. The average molecular weight is 264 g/mol. The fourth-order valence-corrected chi connectivity index (χ4v) is 1.52. The van der Waals surface area contributed by atoms with Gasteiger partial charge in [0.25, 0.3) is 0 Å². The van der Waals surface area contributed by atoms with Crippen molar-refractivity contribution in [3.05, 3.63) is 23.8 Å². The molecule has 1 aromatic rings. The van der Waals surface area contributed by atoms with Gasteiger partial charge in [-0.2, -0.15) is 0 Å². The van der Waals surface area contributed by atoms with Crippen molar-refractivity contribution in [2.75, 3.05) is 24.7 Å². The van der Waals surface area contributed by atoms with Crippen molar-refractivity contribution in [2.45, 2.75) is 27.7 Å². The maximum Gasteiger partial charge on any atom is 0.337 e. The lowest BCUT2D eigenvalue weighted by molar-refractivity contribution is 0.0601. The van der Waals surface area contributed by atoms with E-state index in [0.717, 1.165) is 12.2 Å². The van der Waals surface area contributed by atoms with Gasteiger partial charge in [-0.1, -0.05) is 27.7 Å². The van der Waals surface area contributed by atoms with Crippen molar-refractivity contribution < 1.29 is 9.53 Å². The van der Waals surface area contributed by atoms with Crippen LogP contribution in [0.2, 0.25) is 0 Å². The highest BCUT2D eigenvalue weighted by Gasteiger charge is 2.20. The third-order valence-electron chi connectivity index (χ3n) is 3.55. The van der Waals surface area contributed by atoms with E-state index in [1.165, 1.54) is 7.11 Å². The molecule has 3 N–H and O–H groups in total. The normalized spacial score (nSPS) is 12.9. The van der Waals surface area contributed by atoms with Gasteiger partial charge in [0.15, 0.2) is 0 Å². The second-order valence-electron chi connectivity index (χ2n) is 5.94. The number of nitrogens with one attached hydrogen (secondary N) is 1. The molecule has 0 aliphatic rings. The Labute approximate surface area is 115 Å². The molecule has 1 rings (SSSR count). The quantitative estimate of drug-likeness (QED) is 0.647. The maximum absolute atomic E-state index is 11.5. The third kappa shape index (κ3) is 4.16. The van der Waals surface area contributed by atoms with Crippen molar-refractivity contribution in [3.8, 4) is 0 Å². The number of nitrogen functional groups attached to an aromatic ring is 1. The van der Waals surface area contributed by atoms with Gasteiger partial charge in [-0.25, -0.2) is 4.79 Å². The van der Waals surface area contributed by atoms with Gasteiger partial charge in [-0.05, 0) is 29.5 Å². The highest BCUT2D eigenvalue weighted by molar-refractivity contribution is 5.91. The van der Waals surface area contributed by atoms with E-state index >= 15 is 0 Å². The first-order valence-corrected chi connectivity index (χ1v) is 6.47. The molecule has 0 saturated carbocycles. The summed E-state index contributed by atoms with van der Waals surface area (Å²) in [6, 6.07) is 5.12. The minimum atomic E-state index is -0.355.